The van der Waals surface area contributed by atoms with Crippen molar-refractivity contribution in [2.45, 2.75) is 38.4 Å². The lowest BCUT2D eigenvalue weighted by Gasteiger charge is -2.15. The maximum atomic E-state index is 12.6. The molecule has 2 aromatic rings. The predicted molar refractivity (Wildman–Crippen MR) is 83.9 cm³/mol. The number of thioether (sulfide) groups is 1. The summed E-state index contributed by atoms with van der Waals surface area (Å²) < 4.78 is 6.65. The third kappa shape index (κ3) is 2.73. The van der Waals surface area contributed by atoms with E-state index in [1.807, 2.05) is 6.92 Å². The van der Waals surface area contributed by atoms with Gasteiger partial charge in [0.15, 0.2) is 11.7 Å². The highest BCUT2D eigenvalue weighted by atomic mass is 32.2. The molecule has 0 radical (unpaired) electrons. The van der Waals surface area contributed by atoms with E-state index in [-0.39, 0.29) is 11.0 Å². The summed E-state index contributed by atoms with van der Waals surface area (Å²) >= 11 is 1.30. The quantitative estimate of drug-likeness (QED) is 0.735. The minimum absolute atomic E-state index is 0.0585. The number of nitrogens with zero attached hydrogens (tertiary/aromatic N) is 5. The zero-order valence-corrected chi connectivity index (χ0v) is 13.9. The van der Waals surface area contributed by atoms with Crippen molar-refractivity contribution in [2.24, 2.45) is 5.92 Å². The van der Waals surface area contributed by atoms with E-state index >= 15 is 0 Å². The first kappa shape index (κ1) is 16.7. The average molecular weight is 355 g/mol. The van der Waals surface area contributed by atoms with Crippen LogP contribution in [0, 0.1) is 5.92 Å². The molecule has 24 heavy (non-hydrogen) atoms. The minimum atomic E-state index is -0.973. The van der Waals surface area contributed by atoms with Crippen LogP contribution in [0.4, 0.5) is 0 Å². The normalized spacial score (nSPS) is 22.1. The van der Waals surface area contributed by atoms with Crippen LogP contribution in [-0.2, 0) is 16.0 Å². The van der Waals surface area contributed by atoms with Crippen molar-refractivity contribution in [3.63, 3.8) is 0 Å². The molecule has 1 fully saturated rings. The molecule has 2 aromatic heterocycles. The van der Waals surface area contributed by atoms with Crippen LogP contribution in [0.3, 0.4) is 0 Å². The first-order valence-electron chi connectivity index (χ1n) is 7.50. The highest BCUT2D eigenvalue weighted by Crippen LogP contribution is 2.35. The molecular formula is C13H17N5O5S. The molecular weight excluding hydrogens is 338 g/mol. The zero-order valence-electron chi connectivity index (χ0n) is 13.1. The van der Waals surface area contributed by atoms with Gasteiger partial charge < -0.3 is 15.1 Å². The number of ether oxygens (including phenoxy) is 1. The van der Waals surface area contributed by atoms with Crippen LogP contribution < -0.4 is 5.56 Å². The van der Waals surface area contributed by atoms with Gasteiger partial charge >= 0.3 is 11.5 Å². The first-order chi connectivity index (χ1) is 11.4. The van der Waals surface area contributed by atoms with Gasteiger partial charge in [0.25, 0.3) is 0 Å². The summed E-state index contributed by atoms with van der Waals surface area (Å²) in [4.78, 5) is 24.2. The van der Waals surface area contributed by atoms with Gasteiger partial charge in [-0.1, -0.05) is 23.4 Å². The Hall–Kier alpha value is -2.14. The van der Waals surface area contributed by atoms with Crippen LogP contribution in [0.5, 0.6) is 0 Å². The Balaban J connectivity index is 1.94. The number of aryl methyl sites for hydroxylation is 1. The second kappa shape index (κ2) is 6.40. The summed E-state index contributed by atoms with van der Waals surface area (Å²) in [6, 6.07) is 0. The van der Waals surface area contributed by atoms with Crippen molar-refractivity contribution >= 4 is 28.8 Å². The van der Waals surface area contributed by atoms with Crippen molar-refractivity contribution in [3.05, 3.63) is 16.0 Å². The fraction of sp³-hybridized carbons (Fsp3) is 0.615. The van der Waals surface area contributed by atoms with Gasteiger partial charge in [-0.25, -0.2) is 0 Å². The molecule has 0 aromatic carbocycles. The standard InChI is InChI=1S/C13H17N5O5S/c1-3-4-7-9-10(18(22)15-7)11(19)17(16-14-9)8-5-24-13(23-8)6(2)12(20)21/h6,8,13,22H,3-5H2,1-2H3,(H,20,21). The number of carboxylic acids is 1. The number of hydrogen-bond donors (Lipinski definition) is 2. The second-order valence-electron chi connectivity index (χ2n) is 5.54. The largest absolute Gasteiger partial charge is 0.481 e. The van der Waals surface area contributed by atoms with Crippen LogP contribution in [0.25, 0.3) is 11.0 Å². The van der Waals surface area contributed by atoms with Crippen molar-refractivity contribution < 1.29 is 19.8 Å². The summed E-state index contributed by atoms with van der Waals surface area (Å²) in [6.07, 6.45) is 0.611. The van der Waals surface area contributed by atoms with Gasteiger partial charge in [0.2, 0.25) is 0 Å². The van der Waals surface area contributed by atoms with Crippen LogP contribution in [0.15, 0.2) is 4.79 Å². The molecule has 10 nitrogen and oxygen atoms in total. The Bertz CT molecular complexity index is 834. The summed E-state index contributed by atoms with van der Waals surface area (Å²) in [5, 5.41) is 30.7. The first-order valence-corrected chi connectivity index (χ1v) is 8.55. The smallest absolute Gasteiger partial charge is 0.309 e. The summed E-state index contributed by atoms with van der Waals surface area (Å²) in [5.74, 6) is -1.32. The average Bonchev–Trinajstić information content (AvgIpc) is 3.13. The molecule has 1 saturated heterocycles. The van der Waals surface area contributed by atoms with E-state index in [1.54, 1.807) is 6.92 Å². The number of carbonyl (C=O) groups is 1. The third-order valence-electron chi connectivity index (χ3n) is 3.82. The molecule has 0 bridgehead atoms. The summed E-state index contributed by atoms with van der Waals surface area (Å²) in [6.45, 7) is 3.49. The van der Waals surface area contributed by atoms with Crippen LogP contribution in [0.2, 0.25) is 0 Å². The molecule has 0 amide bonds. The molecule has 2 N–H and O–H groups in total. The van der Waals surface area contributed by atoms with Crippen LogP contribution in [0.1, 0.15) is 32.2 Å². The lowest BCUT2D eigenvalue weighted by molar-refractivity contribution is -0.145. The molecule has 3 atom stereocenters. The van der Waals surface area contributed by atoms with Crippen LogP contribution in [-0.4, -0.2) is 52.4 Å². The molecule has 0 saturated carbocycles. The summed E-state index contributed by atoms with van der Waals surface area (Å²) in [5.41, 5.74) is -0.442. The zero-order chi connectivity index (χ0) is 17.4. The van der Waals surface area contributed by atoms with E-state index in [4.69, 9.17) is 9.84 Å². The van der Waals surface area contributed by atoms with Gasteiger partial charge in [0.05, 0.1) is 11.6 Å². The molecule has 0 aliphatic carbocycles. The van der Waals surface area contributed by atoms with Gasteiger partial charge in [0, 0.05) is 5.75 Å². The summed E-state index contributed by atoms with van der Waals surface area (Å²) in [7, 11) is 0. The van der Waals surface area contributed by atoms with Gasteiger partial charge in [-0.15, -0.1) is 22.0 Å². The van der Waals surface area contributed by atoms with Crippen molar-refractivity contribution in [2.75, 3.05) is 5.75 Å². The number of rotatable bonds is 5. The van der Waals surface area contributed by atoms with E-state index in [0.717, 1.165) is 11.1 Å². The molecule has 1 aliphatic rings. The van der Waals surface area contributed by atoms with Crippen molar-refractivity contribution in [3.8, 4) is 0 Å². The number of hydrogen-bond acceptors (Lipinski definition) is 8. The fourth-order valence-electron chi connectivity index (χ4n) is 2.49. The second-order valence-corrected chi connectivity index (χ2v) is 6.67. The highest BCUT2D eigenvalue weighted by molar-refractivity contribution is 8.00. The molecule has 3 heterocycles. The number of fused-ring (bicyclic) bond motifs is 1. The van der Waals surface area contributed by atoms with Crippen LogP contribution >= 0.6 is 11.8 Å². The van der Waals surface area contributed by atoms with Gasteiger partial charge in [0.1, 0.15) is 11.0 Å². The molecule has 0 spiro atoms. The highest BCUT2D eigenvalue weighted by Gasteiger charge is 2.36. The van der Waals surface area contributed by atoms with Crippen molar-refractivity contribution in [1.82, 2.24) is 24.9 Å². The Labute approximate surface area is 140 Å². The maximum absolute atomic E-state index is 12.6. The maximum Gasteiger partial charge on any atom is 0.309 e. The number of aromatic nitrogens is 5. The molecule has 3 unspecified atom stereocenters. The number of carboxylic acid groups (broad SMARTS) is 1. The molecule has 130 valence electrons. The van der Waals surface area contributed by atoms with Gasteiger partial charge in [-0.05, 0) is 13.3 Å². The number of aliphatic carboxylic acids is 1. The van der Waals surface area contributed by atoms with E-state index in [1.165, 1.54) is 11.8 Å². The Morgan fingerprint density at radius 3 is 2.96 bits per heavy atom. The Morgan fingerprint density at radius 1 is 1.54 bits per heavy atom. The Morgan fingerprint density at radius 2 is 2.29 bits per heavy atom. The van der Waals surface area contributed by atoms with Crippen molar-refractivity contribution in [1.29, 1.82) is 0 Å². The molecule has 3 rings (SSSR count). The fourth-order valence-corrected chi connectivity index (χ4v) is 3.67. The molecule has 11 heteroatoms. The van der Waals surface area contributed by atoms with E-state index in [9.17, 15) is 14.8 Å². The lowest BCUT2D eigenvalue weighted by atomic mass is 10.2. The Kier molecular flexibility index (Phi) is 4.45. The van der Waals surface area contributed by atoms with Gasteiger partial charge in [-0.2, -0.15) is 4.68 Å². The predicted octanol–water partition coefficient (Wildman–Crippen LogP) is 0.487. The van der Waals surface area contributed by atoms with E-state index in [2.05, 4.69) is 15.4 Å². The SMILES string of the molecule is CCCc1nn(O)c2c(=O)n(C3CSC(C(C)C(=O)O)O3)nnc12. The minimum Gasteiger partial charge on any atom is -0.481 e. The van der Waals surface area contributed by atoms with E-state index < -0.39 is 29.1 Å². The monoisotopic (exact) mass is 355 g/mol. The third-order valence-corrected chi connectivity index (χ3v) is 5.14. The van der Waals surface area contributed by atoms with E-state index in [0.29, 0.717) is 22.7 Å². The topological polar surface area (TPSA) is 132 Å². The lowest BCUT2D eigenvalue weighted by Crippen LogP contribution is -2.32. The van der Waals surface area contributed by atoms with Gasteiger partial charge in [-0.3, -0.25) is 9.59 Å². The molecule has 1 aliphatic heterocycles.